The first-order valence-corrected chi connectivity index (χ1v) is 12.6. The van der Waals surface area contributed by atoms with Crippen LogP contribution in [0.3, 0.4) is 0 Å². The summed E-state index contributed by atoms with van der Waals surface area (Å²) in [7, 11) is 0. The molecule has 1 saturated carbocycles. The fourth-order valence-corrected chi connectivity index (χ4v) is 5.44. The lowest BCUT2D eigenvalue weighted by Gasteiger charge is -2.34. The molecule has 0 bridgehead atoms. The van der Waals surface area contributed by atoms with E-state index < -0.39 is 0 Å². The van der Waals surface area contributed by atoms with Gasteiger partial charge in [-0.1, -0.05) is 50.5 Å². The summed E-state index contributed by atoms with van der Waals surface area (Å²) in [4.78, 5) is 5.04. The second-order valence-corrected chi connectivity index (χ2v) is 9.66. The molecule has 0 aromatic heterocycles. The van der Waals surface area contributed by atoms with Crippen molar-refractivity contribution in [3.8, 4) is 0 Å². The first-order chi connectivity index (χ1) is 15.1. The molecule has 2 aromatic carbocycles. The number of thiocarbonyl (C=S) groups is 1. The highest BCUT2D eigenvalue weighted by Crippen LogP contribution is 2.31. The number of anilines is 2. The van der Waals surface area contributed by atoms with Gasteiger partial charge in [0.2, 0.25) is 0 Å². The highest BCUT2D eigenvalue weighted by atomic mass is 32.1. The lowest BCUT2D eigenvalue weighted by atomic mass is 9.98. The van der Waals surface area contributed by atoms with Crippen molar-refractivity contribution in [3.63, 3.8) is 0 Å². The Balaban J connectivity index is 1.51. The van der Waals surface area contributed by atoms with E-state index in [2.05, 4.69) is 71.4 Å². The van der Waals surface area contributed by atoms with Crippen LogP contribution in [-0.4, -0.2) is 29.1 Å². The molecule has 0 saturated heterocycles. The molecule has 3 nitrogen and oxygen atoms in total. The lowest BCUT2D eigenvalue weighted by Crippen LogP contribution is -2.41. The van der Waals surface area contributed by atoms with E-state index in [4.69, 9.17) is 12.2 Å². The normalized spacial score (nSPS) is 16.3. The zero-order chi connectivity index (χ0) is 21.6. The second kappa shape index (κ2) is 10.5. The molecule has 2 aromatic rings. The van der Waals surface area contributed by atoms with Gasteiger partial charge in [-0.3, -0.25) is 0 Å². The molecule has 0 amide bonds. The van der Waals surface area contributed by atoms with Crippen LogP contribution in [0.15, 0.2) is 42.5 Å². The first kappa shape index (κ1) is 22.1. The zero-order valence-corrected chi connectivity index (χ0v) is 20.0. The molecule has 4 rings (SSSR count). The van der Waals surface area contributed by atoms with Crippen LogP contribution >= 0.6 is 12.2 Å². The van der Waals surface area contributed by atoms with E-state index in [1.807, 2.05) is 0 Å². The topological polar surface area (TPSA) is 18.5 Å². The van der Waals surface area contributed by atoms with Crippen LogP contribution in [0.25, 0.3) is 0 Å². The Morgan fingerprint density at radius 3 is 2.74 bits per heavy atom. The van der Waals surface area contributed by atoms with Crippen molar-refractivity contribution in [1.29, 1.82) is 0 Å². The van der Waals surface area contributed by atoms with Gasteiger partial charge in [-0.25, -0.2) is 0 Å². The number of fused-ring (bicyclic) bond motifs is 1. The number of hydrogen-bond acceptors (Lipinski definition) is 2. The van der Waals surface area contributed by atoms with Crippen LogP contribution in [0.4, 0.5) is 11.4 Å². The van der Waals surface area contributed by atoms with Gasteiger partial charge >= 0.3 is 0 Å². The van der Waals surface area contributed by atoms with Gasteiger partial charge in [0.25, 0.3) is 0 Å². The molecule has 166 valence electrons. The number of nitrogens with zero attached hydrogens (tertiary/aromatic N) is 2. The molecule has 2 aliphatic rings. The predicted octanol–water partition coefficient (Wildman–Crippen LogP) is 6.69. The van der Waals surface area contributed by atoms with Gasteiger partial charge in [0.15, 0.2) is 5.11 Å². The van der Waals surface area contributed by atoms with E-state index >= 15 is 0 Å². The van der Waals surface area contributed by atoms with Crippen molar-refractivity contribution in [3.05, 3.63) is 59.2 Å². The number of hydrogen-bond donors (Lipinski definition) is 1. The van der Waals surface area contributed by atoms with Gasteiger partial charge < -0.3 is 15.1 Å². The smallest absolute Gasteiger partial charge is 0.173 e. The Bertz CT molecular complexity index is 888. The SMILES string of the molecule is CCCCN1CCCc2cc(CN(C(=S)Nc3cccc(C)c3)C3CCCC3)ccc21. The minimum absolute atomic E-state index is 0.543. The summed E-state index contributed by atoms with van der Waals surface area (Å²) < 4.78 is 0. The third kappa shape index (κ3) is 5.60. The molecule has 0 unspecified atom stereocenters. The average Bonchev–Trinajstić information content (AvgIpc) is 3.30. The average molecular weight is 436 g/mol. The van der Waals surface area contributed by atoms with Crippen molar-refractivity contribution in [1.82, 2.24) is 4.90 Å². The lowest BCUT2D eigenvalue weighted by molar-refractivity contribution is 0.312. The number of aryl methyl sites for hydroxylation is 2. The monoisotopic (exact) mass is 435 g/mol. The summed E-state index contributed by atoms with van der Waals surface area (Å²) in [6, 6.07) is 16.2. The Morgan fingerprint density at radius 2 is 1.97 bits per heavy atom. The molecule has 0 atom stereocenters. The van der Waals surface area contributed by atoms with Gasteiger partial charge in [-0.15, -0.1) is 0 Å². The van der Waals surface area contributed by atoms with Crippen LogP contribution in [0, 0.1) is 6.92 Å². The van der Waals surface area contributed by atoms with Crippen LogP contribution < -0.4 is 10.2 Å². The van der Waals surface area contributed by atoms with Crippen molar-refractivity contribution < 1.29 is 0 Å². The van der Waals surface area contributed by atoms with Gasteiger partial charge in [0.1, 0.15) is 0 Å². The van der Waals surface area contributed by atoms with Gasteiger partial charge in [-0.2, -0.15) is 0 Å². The quantitative estimate of drug-likeness (QED) is 0.488. The maximum absolute atomic E-state index is 5.93. The fourth-order valence-electron chi connectivity index (χ4n) is 5.11. The molecule has 31 heavy (non-hydrogen) atoms. The summed E-state index contributed by atoms with van der Waals surface area (Å²) in [5, 5.41) is 4.38. The summed E-state index contributed by atoms with van der Waals surface area (Å²) in [5.74, 6) is 0. The number of nitrogens with one attached hydrogen (secondary N) is 1. The standard InChI is InChI=1S/C27H37N3S/c1-3-4-16-29-17-8-10-23-19-22(14-15-26(23)29)20-30(25-12-5-6-13-25)27(31)28-24-11-7-9-21(2)18-24/h7,9,11,14-15,18-19,25H,3-6,8,10,12-13,16-17,20H2,1-2H3,(H,28,31). The molecule has 1 aliphatic carbocycles. The van der Waals surface area contributed by atoms with E-state index in [0.29, 0.717) is 6.04 Å². The van der Waals surface area contributed by atoms with E-state index in [1.54, 1.807) is 0 Å². The third-order valence-electron chi connectivity index (χ3n) is 6.79. The van der Waals surface area contributed by atoms with Crippen LogP contribution in [0.1, 0.15) is 68.6 Å². The van der Waals surface area contributed by atoms with Crippen molar-refractivity contribution in [2.24, 2.45) is 0 Å². The molecule has 0 radical (unpaired) electrons. The van der Waals surface area contributed by atoms with E-state index in [9.17, 15) is 0 Å². The number of unbranched alkanes of at least 4 members (excludes halogenated alkanes) is 1. The molecular formula is C27H37N3S. The minimum atomic E-state index is 0.543. The predicted molar refractivity (Wildman–Crippen MR) is 137 cm³/mol. The minimum Gasteiger partial charge on any atom is -0.371 e. The summed E-state index contributed by atoms with van der Waals surface area (Å²) in [6.45, 7) is 7.68. The maximum Gasteiger partial charge on any atom is 0.173 e. The highest BCUT2D eigenvalue weighted by molar-refractivity contribution is 7.80. The Labute approximate surface area is 193 Å². The van der Waals surface area contributed by atoms with Gasteiger partial charge in [0, 0.05) is 37.1 Å². The third-order valence-corrected chi connectivity index (χ3v) is 7.13. The summed E-state index contributed by atoms with van der Waals surface area (Å²) >= 11 is 5.93. The number of rotatable bonds is 7. The van der Waals surface area contributed by atoms with Gasteiger partial charge in [0.05, 0.1) is 0 Å². The zero-order valence-electron chi connectivity index (χ0n) is 19.2. The van der Waals surface area contributed by atoms with Crippen LogP contribution in [0.2, 0.25) is 0 Å². The summed E-state index contributed by atoms with van der Waals surface area (Å²) in [6.07, 6.45) is 10.1. The largest absolute Gasteiger partial charge is 0.371 e. The maximum atomic E-state index is 5.93. The summed E-state index contributed by atoms with van der Waals surface area (Å²) in [5.41, 5.74) is 6.70. The van der Waals surface area contributed by atoms with Crippen molar-refractivity contribution >= 4 is 28.7 Å². The molecule has 1 aliphatic heterocycles. The highest BCUT2D eigenvalue weighted by Gasteiger charge is 2.25. The fraction of sp³-hybridized carbons (Fsp3) is 0.519. The Hall–Kier alpha value is -2.07. The van der Waals surface area contributed by atoms with E-state index in [0.717, 1.165) is 17.3 Å². The van der Waals surface area contributed by atoms with Gasteiger partial charge in [-0.05, 0) is 86.1 Å². The van der Waals surface area contributed by atoms with Crippen molar-refractivity contribution in [2.75, 3.05) is 23.3 Å². The first-order valence-electron chi connectivity index (χ1n) is 12.1. The van der Waals surface area contributed by atoms with E-state index in [-0.39, 0.29) is 0 Å². The Morgan fingerprint density at radius 1 is 1.13 bits per heavy atom. The molecule has 1 N–H and O–H groups in total. The van der Waals surface area contributed by atoms with E-state index in [1.165, 1.54) is 86.8 Å². The van der Waals surface area contributed by atoms with Crippen LogP contribution in [0.5, 0.6) is 0 Å². The second-order valence-electron chi connectivity index (χ2n) is 9.27. The molecule has 1 heterocycles. The number of benzene rings is 2. The molecular weight excluding hydrogens is 398 g/mol. The van der Waals surface area contributed by atoms with Crippen molar-refractivity contribution in [2.45, 2.75) is 77.8 Å². The Kier molecular flexibility index (Phi) is 7.49. The molecule has 1 fully saturated rings. The molecule has 0 spiro atoms. The van der Waals surface area contributed by atoms with Crippen LogP contribution in [-0.2, 0) is 13.0 Å². The molecule has 4 heteroatoms.